The number of thiazole rings is 1. The van der Waals surface area contributed by atoms with Crippen LogP contribution in [-0.2, 0) is 4.79 Å². The number of hydrogen-bond donors (Lipinski definition) is 1. The van der Waals surface area contributed by atoms with Gasteiger partial charge < -0.3 is 19.7 Å². The van der Waals surface area contributed by atoms with E-state index in [1.54, 1.807) is 18.4 Å². The molecule has 6 nitrogen and oxygen atoms in total. The summed E-state index contributed by atoms with van der Waals surface area (Å²) in [5, 5.41) is 4.02. The van der Waals surface area contributed by atoms with E-state index in [-0.39, 0.29) is 11.8 Å². The van der Waals surface area contributed by atoms with Crippen molar-refractivity contribution in [1.82, 2.24) is 4.98 Å². The molecular weight excluding hydrogens is 434 g/mol. The van der Waals surface area contributed by atoms with Crippen molar-refractivity contribution in [2.24, 2.45) is 5.92 Å². The Morgan fingerprint density at radius 3 is 2.58 bits per heavy atom. The quantitative estimate of drug-likeness (QED) is 0.386. The van der Waals surface area contributed by atoms with E-state index in [0.29, 0.717) is 6.54 Å². The number of rotatable bonds is 6. The lowest BCUT2D eigenvalue weighted by Gasteiger charge is -2.31. The highest BCUT2D eigenvalue weighted by atomic mass is 32.1. The molecule has 1 saturated heterocycles. The monoisotopic (exact) mass is 459 g/mol. The summed E-state index contributed by atoms with van der Waals surface area (Å²) < 4.78 is 12.2. The van der Waals surface area contributed by atoms with Gasteiger partial charge in [-0.2, -0.15) is 0 Å². The molecule has 168 valence electrons. The van der Waals surface area contributed by atoms with Gasteiger partial charge in [-0.1, -0.05) is 29.5 Å². The molecule has 5 rings (SSSR count). The van der Waals surface area contributed by atoms with Gasteiger partial charge in [-0.3, -0.25) is 4.79 Å². The number of fused-ring (bicyclic) bond motifs is 1. The maximum Gasteiger partial charge on any atom is 0.229 e. The van der Waals surface area contributed by atoms with Crippen LogP contribution in [0, 0.1) is 5.92 Å². The van der Waals surface area contributed by atoms with Crippen molar-refractivity contribution in [3.8, 4) is 17.2 Å². The fourth-order valence-corrected chi connectivity index (χ4v) is 5.02. The summed E-state index contributed by atoms with van der Waals surface area (Å²) in [4.78, 5) is 20.0. The second kappa shape index (κ2) is 9.50. The van der Waals surface area contributed by atoms with Crippen LogP contribution < -0.4 is 19.7 Å². The zero-order valence-electron chi connectivity index (χ0n) is 18.4. The third-order valence-corrected chi connectivity index (χ3v) is 6.83. The van der Waals surface area contributed by atoms with E-state index in [1.165, 1.54) is 0 Å². The van der Waals surface area contributed by atoms with Crippen LogP contribution in [0.2, 0.25) is 0 Å². The maximum atomic E-state index is 13.0. The van der Waals surface area contributed by atoms with Crippen molar-refractivity contribution in [3.05, 3.63) is 72.8 Å². The van der Waals surface area contributed by atoms with Crippen LogP contribution in [0.1, 0.15) is 12.8 Å². The van der Waals surface area contributed by atoms with Crippen LogP contribution in [0.25, 0.3) is 10.2 Å². The van der Waals surface area contributed by atoms with Crippen molar-refractivity contribution in [2.75, 3.05) is 30.4 Å². The van der Waals surface area contributed by atoms with Gasteiger partial charge in [0.05, 0.1) is 23.2 Å². The minimum absolute atomic E-state index is 0.0409. The van der Waals surface area contributed by atoms with Crippen molar-refractivity contribution in [3.63, 3.8) is 0 Å². The molecule has 0 radical (unpaired) electrons. The Kier molecular flexibility index (Phi) is 6.13. The Labute approximate surface area is 196 Å². The Balaban J connectivity index is 1.22. The SMILES string of the molecule is COc1ccc2nc(N3CCCC(C(=O)Nc4ccc(Oc5ccccc5)cc4)C3)sc2c1. The molecule has 1 fully saturated rings. The average Bonchev–Trinajstić information content (AvgIpc) is 3.29. The fraction of sp³-hybridized carbons (Fsp3) is 0.231. The Bertz CT molecular complexity index is 1240. The fourth-order valence-electron chi connectivity index (χ4n) is 4.00. The Morgan fingerprint density at radius 2 is 1.79 bits per heavy atom. The first-order chi connectivity index (χ1) is 16.2. The van der Waals surface area contributed by atoms with Gasteiger partial charge >= 0.3 is 0 Å². The molecule has 0 saturated carbocycles. The molecule has 1 aliphatic heterocycles. The number of benzene rings is 3. The first kappa shape index (κ1) is 21.3. The van der Waals surface area contributed by atoms with Crippen LogP contribution in [0.4, 0.5) is 10.8 Å². The first-order valence-corrected chi connectivity index (χ1v) is 11.8. The van der Waals surface area contributed by atoms with Crippen molar-refractivity contribution in [2.45, 2.75) is 12.8 Å². The summed E-state index contributed by atoms with van der Waals surface area (Å²) >= 11 is 1.64. The van der Waals surface area contributed by atoms with Gasteiger partial charge in [0.2, 0.25) is 5.91 Å². The largest absolute Gasteiger partial charge is 0.497 e. The molecule has 0 aliphatic carbocycles. The highest BCUT2D eigenvalue weighted by molar-refractivity contribution is 7.22. The molecule has 0 spiro atoms. The maximum absolute atomic E-state index is 13.0. The summed E-state index contributed by atoms with van der Waals surface area (Å²) in [5.41, 5.74) is 1.73. The number of nitrogens with one attached hydrogen (secondary N) is 1. The van der Waals surface area contributed by atoms with E-state index in [1.807, 2.05) is 72.8 Å². The normalized spacial score (nSPS) is 15.9. The third-order valence-electron chi connectivity index (χ3n) is 5.75. The van der Waals surface area contributed by atoms with E-state index in [0.717, 1.165) is 57.7 Å². The molecule has 1 aliphatic rings. The summed E-state index contributed by atoms with van der Waals surface area (Å²) in [6.45, 7) is 1.57. The van der Waals surface area contributed by atoms with Crippen LogP contribution in [0.3, 0.4) is 0 Å². The van der Waals surface area contributed by atoms with Gasteiger partial charge in [-0.15, -0.1) is 0 Å². The van der Waals surface area contributed by atoms with Crippen LogP contribution in [0.5, 0.6) is 17.2 Å². The molecule has 1 aromatic heterocycles. The molecule has 0 bridgehead atoms. The van der Waals surface area contributed by atoms with Gasteiger partial charge in [0.15, 0.2) is 5.13 Å². The number of methoxy groups -OCH3 is 1. The van der Waals surface area contributed by atoms with Gasteiger partial charge in [0, 0.05) is 18.8 Å². The number of hydrogen-bond acceptors (Lipinski definition) is 6. The molecule has 1 amide bonds. The van der Waals surface area contributed by atoms with Crippen molar-refractivity contribution < 1.29 is 14.3 Å². The van der Waals surface area contributed by atoms with Gasteiger partial charge in [0.1, 0.15) is 17.2 Å². The minimum Gasteiger partial charge on any atom is -0.497 e. The molecular formula is C26H25N3O3S. The number of amides is 1. The first-order valence-electron chi connectivity index (χ1n) is 11.0. The average molecular weight is 460 g/mol. The highest BCUT2D eigenvalue weighted by Gasteiger charge is 2.27. The summed E-state index contributed by atoms with van der Waals surface area (Å²) in [6.07, 6.45) is 1.83. The number of piperidine rings is 1. The summed E-state index contributed by atoms with van der Waals surface area (Å²) in [5.74, 6) is 2.30. The lowest BCUT2D eigenvalue weighted by Crippen LogP contribution is -2.40. The van der Waals surface area contributed by atoms with Crippen LogP contribution >= 0.6 is 11.3 Å². The second-order valence-corrected chi connectivity index (χ2v) is 9.05. The highest BCUT2D eigenvalue weighted by Crippen LogP contribution is 2.34. The Hall–Kier alpha value is -3.58. The Morgan fingerprint density at radius 1 is 1.03 bits per heavy atom. The molecule has 2 heterocycles. The zero-order chi connectivity index (χ0) is 22.6. The number of carbonyl (C=O) groups is 1. The summed E-state index contributed by atoms with van der Waals surface area (Å²) in [7, 11) is 1.67. The van der Waals surface area contributed by atoms with Crippen LogP contribution in [0.15, 0.2) is 72.8 Å². The van der Waals surface area contributed by atoms with E-state index in [4.69, 9.17) is 14.5 Å². The van der Waals surface area contributed by atoms with Gasteiger partial charge in [-0.05, 0) is 67.4 Å². The second-order valence-electron chi connectivity index (χ2n) is 8.04. The van der Waals surface area contributed by atoms with Crippen molar-refractivity contribution >= 4 is 38.3 Å². The molecule has 4 aromatic rings. The molecule has 33 heavy (non-hydrogen) atoms. The third kappa shape index (κ3) is 4.93. The predicted molar refractivity (Wildman–Crippen MR) is 133 cm³/mol. The van der Waals surface area contributed by atoms with Gasteiger partial charge in [-0.25, -0.2) is 4.98 Å². The van der Waals surface area contributed by atoms with E-state index < -0.39 is 0 Å². The number of nitrogens with zero attached hydrogens (tertiary/aromatic N) is 2. The van der Waals surface area contributed by atoms with E-state index in [9.17, 15) is 4.79 Å². The van der Waals surface area contributed by atoms with Gasteiger partial charge in [0.25, 0.3) is 0 Å². The topological polar surface area (TPSA) is 63.7 Å². The molecule has 1 atom stereocenters. The minimum atomic E-state index is -0.0828. The lowest BCUT2D eigenvalue weighted by molar-refractivity contribution is -0.120. The standard InChI is InChI=1S/C26H25N3O3S/c1-31-22-13-14-23-24(16-22)33-26(28-23)29-15-5-6-18(17-29)25(30)27-19-9-11-21(12-10-19)32-20-7-3-2-4-8-20/h2-4,7-14,16,18H,5-6,15,17H2,1H3,(H,27,30). The summed E-state index contributed by atoms with van der Waals surface area (Å²) in [6, 6.07) is 23.0. The number of para-hydroxylation sites is 1. The van der Waals surface area contributed by atoms with Crippen LogP contribution in [-0.4, -0.2) is 31.1 Å². The number of aromatic nitrogens is 1. The van der Waals surface area contributed by atoms with E-state index in [2.05, 4.69) is 10.2 Å². The van der Waals surface area contributed by atoms with Crippen molar-refractivity contribution in [1.29, 1.82) is 0 Å². The molecule has 1 unspecified atom stereocenters. The van der Waals surface area contributed by atoms with E-state index >= 15 is 0 Å². The number of carbonyl (C=O) groups excluding carboxylic acids is 1. The molecule has 1 N–H and O–H groups in total. The lowest BCUT2D eigenvalue weighted by atomic mass is 9.97. The number of ether oxygens (including phenoxy) is 2. The smallest absolute Gasteiger partial charge is 0.229 e. The predicted octanol–water partition coefficient (Wildman–Crippen LogP) is 5.95. The zero-order valence-corrected chi connectivity index (χ0v) is 19.2. The molecule has 7 heteroatoms. The molecule has 3 aromatic carbocycles. The number of anilines is 2.